The molecular weight excluding hydrogens is 430 g/mol. The molecule has 4 rings (SSSR count). The van der Waals surface area contributed by atoms with Crippen molar-refractivity contribution in [3.63, 3.8) is 0 Å². The number of carbonyl (C=O) groups is 1. The number of rotatable bonds is 3. The summed E-state index contributed by atoms with van der Waals surface area (Å²) >= 11 is 12.1. The van der Waals surface area contributed by atoms with Crippen molar-refractivity contribution in [2.75, 3.05) is 5.32 Å². The molecule has 0 radical (unpaired) electrons. The maximum Gasteiger partial charge on any atom is 0.435 e. The summed E-state index contributed by atoms with van der Waals surface area (Å²) in [5.74, 6) is -0.671. The largest absolute Gasteiger partial charge is 0.472 e. The van der Waals surface area contributed by atoms with Gasteiger partial charge in [0.15, 0.2) is 11.3 Å². The van der Waals surface area contributed by atoms with E-state index < -0.39 is 17.8 Å². The van der Waals surface area contributed by atoms with E-state index in [1.54, 1.807) is 6.07 Å². The molecule has 0 fully saturated rings. The second-order valence-corrected chi connectivity index (χ2v) is 6.80. The molecule has 5 nitrogen and oxygen atoms in total. The summed E-state index contributed by atoms with van der Waals surface area (Å²) in [6.07, 6.45) is -0.850. The minimum absolute atomic E-state index is 0.00972. The number of nitrogens with zero attached hydrogens (tertiary/aromatic N) is 2. The van der Waals surface area contributed by atoms with Gasteiger partial charge >= 0.3 is 6.18 Å². The van der Waals surface area contributed by atoms with Gasteiger partial charge in [-0.3, -0.25) is 9.20 Å². The standard InChI is InChI=1S/C19H10Cl2F3N3O2/c20-11-3-1-4-12(21)14(11)18(28)25-13-5-2-7-27-15(10-6-8-29-9-10)16(19(22,23)24)26-17(13)27/h1-9H,(H,25,28). The number of hydrogen-bond donors (Lipinski definition) is 1. The summed E-state index contributed by atoms with van der Waals surface area (Å²) in [5.41, 5.74) is -1.12. The molecule has 0 aliphatic carbocycles. The van der Waals surface area contributed by atoms with Crippen molar-refractivity contribution >= 4 is 40.4 Å². The molecular formula is C19H10Cl2F3N3O2. The number of anilines is 1. The predicted molar refractivity (Wildman–Crippen MR) is 102 cm³/mol. The summed E-state index contributed by atoms with van der Waals surface area (Å²) in [7, 11) is 0. The number of carbonyl (C=O) groups excluding carboxylic acids is 1. The van der Waals surface area contributed by atoms with Crippen LogP contribution < -0.4 is 5.32 Å². The van der Waals surface area contributed by atoms with Crippen molar-refractivity contribution in [3.05, 3.63) is 76.4 Å². The molecule has 0 atom stereocenters. The van der Waals surface area contributed by atoms with Crippen LogP contribution in [0, 0.1) is 0 Å². The van der Waals surface area contributed by atoms with Gasteiger partial charge in [-0.05, 0) is 30.3 Å². The zero-order chi connectivity index (χ0) is 20.8. The number of fused-ring (bicyclic) bond motifs is 1. The SMILES string of the molecule is O=C(Nc1cccn2c(-c3ccoc3)c(C(F)(F)F)nc12)c1c(Cl)cccc1Cl. The second-order valence-electron chi connectivity index (χ2n) is 5.99. The summed E-state index contributed by atoms with van der Waals surface area (Å²) in [4.78, 5) is 16.4. The molecule has 29 heavy (non-hydrogen) atoms. The van der Waals surface area contributed by atoms with Gasteiger partial charge in [-0.15, -0.1) is 0 Å². The van der Waals surface area contributed by atoms with E-state index >= 15 is 0 Å². The van der Waals surface area contributed by atoms with Crippen molar-refractivity contribution < 1.29 is 22.4 Å². The van der Waals surface area contributed by atoms with Crippen LogP contribution in [0.1, 0.15) is 16.1 Å². The van der Waals surface area contributed by atoms with Crippen LogP contribution in [0.15, 0.2) is 59.5 Å². The normalized spacial score (nSPS) is 11.8. The molecule has 148 valence electrons. The van der Waals surface area contributed by atoms with Crippen LogP contribution in [0.25, 0.3) is 16.9 Å². The maximum atomic E-state index is 13.6. The Bertz CT molecular complexity index is 1200. The van der Waals surface area contributed by atoms with Crippen LogP contribution >= 0.6 is 23.2 Å². The molecule has 4 aromatic rings. The summed E-state index contributed by atoms with van der Waals surface area (Å²) in [5, 5.41) is 2.76. The monoisotopic (exact) mass is 439 g/mol. The van der Waals surface area contributed by atoms with Crippen LogP contribution in [0.2, 0.25) is 10.0 Å². The van der Waals surface area contributed by atoms with Gasteiger partial charge < -0.3 is 9.73 Å². The number of pyridine rings is 1. The summed E-state index contributed by atoms with van der Waals surface area (Å²) in [6, 6.07) is 8.86. The lowest BCUT2D eigenvalue weighted by Gasteiger charge is -2.09. The molecule has 3 heterocycles. The third-order valence-corrected chi connectivity index (χ3v) is 4.78. The van der Waals surface area contributed by atoms with Crippen LogP contribution in [0.4, 0.5) is 18.9 Å². The van der Waals surface area contributed by atoms with Gasteiger partial charge in [0.2, 0.25) is 0 Å². The highest BCUT2D eigenvalue weighted by Crippen LogP contribution is 2.38. The third-order valence-electron chi connectivity index (χ3n) is 4.15. The zero-order valence-electron chi connectivity index (χ0n) is 14.3. The van der Waals surface area contributed by atoms with E-state index in [0.29, 0.717) is 0 Å². The Labute approximate surface area is 171 Å². The van der Waals surface area contributed by atoms with E-state index in [9.17, 15) is 18.0 Å². The molecule has 0 unspecified atom stereocenters. The highest BCUT2D eigenvalue weighted by molar-refractivity contribution is 6.40. The van der Waals surface area contributed by atoms with E-state index in [1.807, 2.05) is 0 Å². The highest BCUT2D eigenvalue weighted by Gasteiger charge is 2.39. The zero-order valence-corrected chi connectivity index (χ0v) is 15.8. The summed E-state index contributed by atoms with van der Waals surface area (Å²) in [6.45, 7) is 0. The first kappa shape index (κ1) is 19.4. The Hall–Kier alpha value is -2.97. The van der Waals surface area contributed by atoms with Crippen LogP contribution in [0.5, 0.6) is 0 Å². The van der Waals surface area contributed by atoms with Gasteiger partial charge in [0, 0.05) is 11.8 Å². The molecule has 1 N–H and O–H groups in total. The van der Waals surface area contributed by atoms with Gasteiger partial charge in [-0.2, -0.15) is 13.2 Å². The van der Waals surface area contributed by atoms with Crippen molar-refractivity contribution in [2.45, 2.75) is 6.18 Å². The van der Waals surface area contributed by atoms with E-state index in [4.69, 9.17) is 27.6 Å². The molecule has 1 aromatic carbocycles. The number of nitrogens with one attached hydrogen (secondary N) is 1. The average Bonchev–Trinajstić information content (AvgIpc) is 3.28. The number of furan rings is 1. The number of amides is 1. The number of benzene rings is 1. The number of imidazole rings is 1. The van der Waals surface area contributed by atoms with Gasteiger partial charge in [0.1, 0.15) is 0 Å². The van der Waals surface area contributed by atoms with Crippen LogP contribution in [0.3, 0.4) is 0 Å². The fourth-order valence-electron chi connectivity index (χ4n) is 2.94. The molecule has 0 aliphatic heterocycles. The molecule has 0 aliphatic rings. The van der Waals surface area contributed by atoms with Crippen molar-refractivity contribution in [3.8, 4) is 11.3 Å². The maximum absolute atomic E-state index is 13.6. The smallest absolute Gasteiger partial charge is 0.435 e. The second kappa shape index (κ2) is 7.13. The van der Waals surface area contributed by atoms with Gasteiger partial charge in [0.05, 0.1) is 39.5 Å². The number of hydrogen-bond acceptors (Lipinski definition) is 3. The van der Waals surface area contributed by atoms with Crippen molar-refractivity contribution in [1.82, 2.24) is 9.38 Å². The molecule has 1 amide bonds. The van der Waals surface area contributed by atoms with Gasteiger partial charge in [-0.1, -0.05) is 29.3 Å². The number of aromatic nitrogens is 2. The number of alkyl halides is 3. The first-order valence-electron chi connectivity index (χ1n) is 8.13. The lowest BCUT2D eigenvalue weighted by atomic mass is 10.2. The molecule has 0 saturated carbocycles. The molecule has 3 aromatic heterocycles. The van der Waals surface area contributed by atoms with E-state index in [1.165, 1.54) is 53.5 Å². The quantitative estimate of drug-likeness (QED) is 0.415. The Kier molecular flexibility index (Phi) is 4.76. The minimum atomic E-state index is -4.72. The molecule has 0 saturated heterocycles. The topological polar surface area (TPSA) is 59.5 Å². The van der Waals surface area contributed by atoms with Gasteiger partial charge in [-0.25, -0.2) is 4.98 Å². The Morgan fingerprint density at radius 1 is 1.10 bits per heavy atom. The van der Waals surface area contributed by atoms with Crippen molar-refractivity contribution in [2.24, 2.45) is 0 Å². The van der Waals surface area contributed by atoms with Crippen molar-refractivity contribution in [1.29, 1.82) is 0 Å². The predicted octanol–water partition coefficient (Wildman–Crippen LogP) is 6.17. The van der Waals surface area contributed by atoms with E-state index in [2.05, 4.69) is 10.3 Å². The first-order chi connectivity index (χ1) is 13.8. The fraction of sp³-hybridized carbons (Fsp3) is 0.0526. The van der Waals surface area contributed by atoms with Gasteiger partial charge in [0.25, 0.3) is 5.91 Å². The minimum Gasteiger partial charge on any atom is -0.472 e. The number of halogens is 5. The molecule has 0 bridgehead atoms. The van der Waals surface area contributed by atoms with E-state index in [-0.39, 0.29) is 38.2 Å². The third kappa shape index (κ3) is 3.45. The first-order valence-corrected chi connectivity index (χ1v) is 8.89. The van der Waals surface area contributed by atoms with Crippen LogP contribution in [-0.2, 0) is 6.18 Å². The highest BCUT2D eigenvalue weighted by atomic mass is 35.5. The molecule has 10 heteroatoms. The average molecular weight is 440 g/mol. The molecule has 0 spiro atoms. The summed E-state index contributed by atoms with van der Waals surface area (Å²) < 4.78 is 47.0. The van der Waals surface area contributed by atoms with E-state index in [0.717, 1.165) is 0 Å². The Morgan fingerprint density at radius 2 is 1.83 bits per heavy atom. The lowest BCUT2D eigenvalue weighted by molar-refractivity contribution is -0.140. The van der Waals surface area contributed by atoms with Crippen LogP contribution in [-0.4, -0.2) is 15.3 Å². The fourth-order valence-corrected chi connectivity index (χ4v) is 3.51. The Morgan fingerprint density at radius 3 is 2.45 bits per heavy atom. The Balaban J connectivity index is 1.86. The lowest BCUT2D eigenvalue weighted by Crippen LogP contribution is -2.14.